The SMILES string of the molecule is CCOc1ccc(-n2c(C(CC)N(C)C(=O)Nc3ccccc3C)nc3ccccc3c2=O)cc1. The number of nitrogens with one attached hydrogen (secondary N) is 1. The molecule has 7 nitrogen and oxygen atoms in total. The third-order valence-electron chi connectivity index (χ3n) is 6.07. The quantitative estimate of drug-likeness (QED) is 0.375. The summed E-state index contributed by atoms with van der Waals surface area (Å²) in [4.78, 5) is 33.4. The number of carbonyl (C=O) groups excluding carboxylic acids is 1. The summed E-state index contributed by atoms with van der Waals surface area (Å²) in [6.45, 7) is 6.40. The minimum atomic E-state index is -0.442. The number of amides is 2. The van der Waals surface area contributed by atoms with Gasteiger partial charge in [-0.05, 0) is 68.3 Å². The molecule has 0 saturated carbocycles. The number of nitrogens with zero attached hydrogens (tertiary/aromatic N) is 3. The number of benzene rings is 3. The van der Waals surface area contributed by atoms with Crippen LogP contribution in [0.15, 0.2) is 77.6 Å². The number of rotatable bonds is 7. The highest BCUT2D eigenvalue weighted by Crippen LogP contribution is 2.26. The van der Waals surface area contributed by atoms with Crippen LogP contribution >= 0.6 is 0 Å². The monoisotopic (exact) mass is 470 g/mol. The molecule has 1 unspecified atom stereocenters. The lowest BCUT2D eigenvalue weighted by Crippen LogP contribution is -2.38. The highest BCUT2D eigenvalue weighted by molar-refractivity contribution is 5.90. The fraction of sp³-hybridized carbons (Fsp3) is 0.250. The minimum Gasteiger partial charge on any atom is -0.494 e. The summed E-state index contributed by atoms with van der Waals surface area (Å²) in [5.74, 6) is 1.23. The Labute approximate surface area is 205 Å². The molecule has 0 aliphatic carbocycles. The number of hydrogen-bond acceptors (Lipinski definition) is 4. The Morgan fingerprint density at radius 1 is 1.03 bits per heavy atom. The van der Waals surface area contributed by atoms with Crippen LogP contribution in [0.5, 0.6) is 5.75 Å². The van der Waals surface area contributed by atoms with Gasteiger partial charge in [-0.25, -0.2) is 9.78 Å². The summed E-state index contributed by atoms with van der Waals surface area (Å²) in [6.07, 6.45) is 0.569. The number of urea groups is 1. The van der Waals surface area contributed by atoms with E-state index in [1.54, 1.807) is 22.6 Å². The van der Waals surface area contributed by atoms with E-state index in [0.29, 0.717) is 35.4 Å². The number of aromatic nitrogens is 2. The first-order valence-electron chi connectivity index (χ1n) is 11.8. The van der Waals surface area contributed by atoms with Crippen molar-refractivity contribution >= 4 is 22.6 Å². The van der Waals surface area contributed by atoms with E-state index < -0.39 is 6.04 Å². The van der Waals surface area contributed by atoms with Crippen LogP contribution in [-0.2, 0) is 0 Å². The van der Waals surface area contributed by atoms with Crippen LogP contribution in [0, 0.1) is 6.92 Å². The molecule has 1 N–H and O–H groups in total. The van der Waals surface area contributed by atoms with Crippen molar-refractivity contribution in [1.82, 2.24) is 14.5 Å². The van der Waals surface area contributed by atoms with E-state index in [1.807, 2.05) is 87.5 Å². The third-order valence-corrected chi connectivity index (χ3v) is 6.07. The summed E-state index contributed by atoms with van der Waals surface area (Å²) in [7, 11) is 1.73. The van der Waals surface area contributed by atoms with Crippen molar-refractivity contribution < 1.29 is 9.53 Å². The van der Waals surface area contributed by atoms with Crippen molar-refractivity contribution in [3.05, 3.63) is 94.5 Å². The lowest BCUT2D eigenvalue weighted by Gasteiger charge is -2.29. The zero-order valence-electron chi connectivity index (χ0n) is 20.5. The molecule has 1 heterocycles. The molecule has 4 aromatic rings. The lowest BCUT2D eigenvalue weighted by atomic mass is 10.1. The van der Waals surface area contributed by atoms with Crippen LogP contribution in [0.1, 0.15) is 37.7 Å². The van der Waals surface area contributed by atoms with Crippen LogP contribution in [0.3, 0.4) is 0 Å². The van der Waals surface area contributed by atoms with Gasteiger partial charge in [-0.1, -0.05) is 37.3 Å². The van der Waals surface area contributed by atoms with Gasteiger partial charge in [-0.3, -0.25) is 9.36 Å². The maximum atomic E-state index is 13.7. The van der Waals surface area contributed by atoms with Crippen LogP contribution < -0.4 is 15.6 Å². The van der Waals surface area contributed by atoms with Gasteiger partial charge in [-0.15, -0.1) is 0 Å². The average molecular weight is 471 g/mol. The molecule has 0 bridgehead atoms. The van der Waals surface area contributed by atoms with Gasteiger partial charge in [0.25, 0.3) is 5.56 Å². The molecule has 0 saturated heterocycles. The van der Waals surface area contributed by atoms with E-state index in [4.69, 9.17) is 9.72 Å². The first-order chi connectivity index (χ1) is 16.9. The molecule has 0 fully saturated rings. The third kappa shape index (κ3) is 4.89. The fourth-order valence-corrected chi connectivity index (χ4v) is 4.17. The summed E-state index contributed by atoms with van der Waals surface area (Å²) in [5.41, 5.74) is 2.80. The Bertz CT molecular complexity index is 1400. The van der Waals surface area contributed by atoms with Gasteiger partial charge < -0.3 is 15.0 Å². The van der Waals surface area contributed by atoms with Crippen molar-refractivity contribution in [2.45, 2.75) is 33.2 Å². The zero-order chi connectivity index (χ0) is 24.9. The van der Waals surface area contributed by atoms with Gasteiger partial charge >= 0.3 is 6.03 Å². The number of para-hydroxylation sites is 2. The number of aryl methyl sites for hydroxylation is 1. The standard InChI is InChI=1S/C28H30N4O3/c1-5-25(31(4)28(34)30-23-13-9-7-11-19(23)3)26-29-24-14-10-8-12-22(24)27(33)32(26)20-15-17-21(18-16-20)35-6-2/h7-18,25H,5-6H2,1-4H3,(H,30,34). The van der Waals surface area contributed by atoms with Crippen molar-refractivity contribution in [1.29, 1.82) is 0 Å². The van der Waals surface area contributed by atoms with Crippen LogP contribution in [0.25, 0.3) is 16.6 Å². The molecule has 1 atom stereocenters. The molecule has 0 aliphatic heterocycles. The molecule has 3 aromatic carbocycles. The average Bonchev–Trinajstić information content (AvgIpc) is 2.87. The van der Waals surface area contributed by atoms with Gasteiger partial charge in [0, 0.05) is 12.7 Å². The zero-order valence-corrected chi connectivity index (χ0v) is 20.5. The van der Waals surface area contributed by atoms with Gasteiger partial charge in [0.05, 0.1) is 29.2 Å². The smallest absolute Gasteiger partial charge is 0.322 e. The second-order valence-corrected chi connectivity index (χ2v) is 8.33. The van der Waals surface area contributed by atoms with E-state index in [-0.39, 0.29) is 11.6 Å². The molecule has 7 heteroatoms. The van der Waals surface area contributed by atoms with Crippen molar-refractivity contribution in [3.63, 3.8) is 0 Å². The number of anilines is 1. The molecule has 4 rings (SSSR count). The first-order valence-corrected chi connectivity index (χ1v) is 11.8. The summed E-state index contributed by atoms with van der Waals surface area (Å²) < 4.78 is 7.17. The molecule has 35 heavy (non-hydrogen) atoms. The maximum absolute atomic E-state index is 13.7. The molecule has 180 valence electrons. The van der Waals surface area contributed by atoms with E-state index >= 15 is 0 Å². The summed E-state index contributed by atoms with van der Waals surface area (Å²) in [6, 6.07) is 21.5. The van der Waals surface area contributed by atoms with E-state index in [2.05, 4.69) is 5.32 Å². The number of carbonyl (C=O) groups is 1. The summed E-state index contributed by atoms with van der Waals surface area (Å²) in [5, 5.41) is 3.50. The number of hydrogen-bond donors (Lipinski definition) is 1. The molecule has 0 radical (unpaired) electrons. The Hall–Kier alpha value is -4.13. The Balaban J connectivity index is 1.81. The minimum absolute atomic E-state index is 0.180. The fourth-order valence-electron chi connectivity index (χ4n) is 4.17. The Morgan fingerprint density at radius 2 is 1.71 bits per heavy atom. The largest absolute Gasteiger partial charge is 0.494 e. The van der Waals surface area contributed by atoms with E-state index in [9.17, 15) is 9.59 Å². The predicted octanol–water partition coefficient (Wildman–Crippen LogP) is 5.71. The normalized spacial score (nSPS) is 11.8. The van der Waals surface area contributed by atoms with Crippen LogP contribution in [-0.4, -0.2) is 34.1 Å². The number of ether oxygens (including phenoxy) is 1. The van der Waals surface area contributed by atoms with Crippen molar-refractivity contribution in [2.75, 3.05) is 19.0 Å². The molecule has 0 spiro atoms. The number of fused-ring (bicyclic) bond motifs is 1. The molecular weight excluding hydrogens is 440 g/mol. The Kier molecular flexibility index (Phi) is 7.15. The molecular formula is C28H30N4O3. The topological polar surface area (TPSA) is 76.5 Å². The lowest BCUT2D eigenvalue weighted by molar-refractivity contribution is 0.199. The summed E-state index contributed by atoms with van der Waals surface area (Å²) >= 11 is 0. The van der Waals surface area contributed by atoms with Gasteiger partial charge in [0.15, 0.2) is 0 Å². The van der Waals surface area contributed by atoms with E-state index in [0.717, 1.165) is 17.0 Å². The predicted molar refractivity (Wildman–Crippen MR) is 140 cm³/mol. The second kappa shape index (κ2) is 10.4. The van der Waals surface area contributed by atoms with Gasteiger partial charge in [0.1, 0.15) is 11.6 Å². The Morgan fingerprint density at radius 3 is 2.40 bits per heavy atom. The van der Waals surface area contributed by atoms with Crippen molar-refractivity contribution in [3.8, 4) is 11.4 Å². The molecule has 0 aliphatic rings. The van der Waals surface area contributed by atoms with E-state index in [1.165, 1.54) is 0 Å². The van der Waals surface area contributed by atoms with Crippen LogP contribution in [0.4, 0.5) is 10.5 Å². The second-order valence-electron chi connectivity index (χ2n) is 8.33. The highest BCUT2D eigenvalue weighted by atomic mass is 16.5. The maximum Gasteiger partial charge on any atom is 0.322 e. The van der Waals surface area contributed by atoms with Crippen molar-refractivity contribution in [2.24, 2.45) is 0 Å². The highest BCUT2D eigenvalue weighted by Gasteiger charge is 2.27. The van der Waals surface area contributed by atoms with Gasteiger partial charge in [-0.2, -0.15) is 0 Å². The molecule has 2 amide bonds. The van der Waals surface area contributed by atoms with Gasteiger partial charge in [0.2, 0.25) is 0 Å². The molecule has 1 aromatic heterocycles. The first kappa shape index (κ1) is 24.0. The van der Waals surface area contributed by atoms with Crippen LogP contribution in [0.2, 0.25) is 0 Å².